The second-order valence-electron chi connectivity index (χ2n) is 3.74. The Kier molecular flexibility index (Phi) is 2.64. The fourth-order valence-electron chi connectivity index (χ4n) is 1.84. The number of anilines is 1. The lowest BCUT2D eigenvalue weighted by Gasteiger charge is -2.05. The van der Waals surface area contributed by atoms with Gasteiger partial charge in [-0.3, -0.25) is 0 Å². The van der Waals surface area contributed by atoms with Crippen molar-refractivity contribution in [2.45, 2.75) is 6.54 Å². The number of halogens is 1. The van der Waals surface area contributed by atoms with Crippen LogP contribution < -0.4 is 5.73 Å². The third-order valence-corrected chi connectivity index (χ3v) is 4.59. The Labute approximate surface area is 111 Å². The fraction of sp³-hybridized carbons (Fsp3) is 0.0833. The summed E-state index contributed by atoms with van der Waals surface area (Å²) in [6.07, 6.45) is 0. The molecule has 0 fully saturated rings. The molecule has 86 valence electrons. The summed E-state index contributed by atoms with van der Waals surface area (Å²) >= 11 is 5.25. The maximum Gasteiger partial charge on any atom is 0.201 e. The molecule has 0 spiro atoms. The van der Waals surface area contributed by atoms with E-state index in [1.54, 1.807) is 11.3 Å². The lowest BCUT2D eigenvalue weighted by atomic mass is 10.3. The van der Waals surface area contributed by atoms with Crippen molar-refractivity contribution in [1.29, 1.82) is 0 Å². The number of para-hydroxylation sites is 2. The summed E-state index contributed by atoms with van der Waals surface area (Å²) < 4.78 is 3.16. The number of hydrogen-bond donors (Lipinski definition) is 1. The van der Waals surface area contributed by atoms with Gasteiger partial charge in [-0.25, -0.2) is 4.98 Å². The van der Waals surface area contributed by atoms with E-state index in [1.165, 1.54) is 4.88 Å². The molecule has 0 bridgehead atoms. The summed E-state index contributed by atoms with van der Waals surface area (Å²) in [6, 6.07) is 10.0. The topological polar surface area (TPSA) is 43.8 Å². The molecule has 0 saturated heterocycles. The zero-order valence-electron chi connectivity index (χ0n) is 8.93. The Hall–Kier alpha value is -1.33. The zero-order chi connectivity index (χ0) is 11.8. The summed E-state index contributed by atoms with van der Waals surface area (Å²) in [4.78, 5) is 5.60. The minimum Gasteiger partial charge on any atom is -0.369 e. The summed E-state index contributed by atoms with van der Waals surface area (Å²) in [7, 11) is 0. The molecule has 5 heteroatoms. The molecule has 0 aliphatic rings. The van der Waals surface area contributed by atoms with Gasteiger partial charge in [-0.1, -0.05) is 12.1 Å². The first kappa shape index (κ1) is 10.8. The van der Waals surface area contributed by atoms with Crippen molar-refractivity contribution in [2.75, 3.05) is 5.73 Å². The van der Waals surface area contributed by atoms with Gasteiger partial charge >= 0.3 is 0 Å². The average Bonchev–Trinajstić information content (AvgIpc) is 2.85. The lowest BCUT2D eigenvalue weighted by molar-refractivity contribution is 0.850. The van der Waals surface area contributed by atoms with E-state index in [0.717, 1.165) is 22.1 Å². The highest BCUT2D eigenvalue weighted by Crippen LogP contribution is 2.26. The molecule has 3 rings (SSSR count). The molecule has 3 aromatic rings. The van der Waals surface area contributed by atoms with Gasteiger partial charge in [0.1, 0.15) is 0 Å². The molecule has 1 aromatic carbocycles. The molecule has 0 radical (unpaired) electrons. The number of nitrogen functional groups attached to an aromatic ring is 1. The van der Waals surface area contributed by atoms with Crippen LogP contribution in [0.5, 0.6) is 0 Å². The summed E-state index contributed by atoms with van der Waals surface area (Å²) in [5, 5.41) is 2.06. The lowest BCUT2D eigenvalue weighted by Crippen LogP contribution is -2.03. The highest BCUT2D eigenvalue weighted by Gasteiger charge is 2.10. The molecular formula is C12H10BrN3S. The number of benzene rings is 1. The van der Waals surface area contributed by atoms with Gasteiger partial charge in [0.05, 0.1) is 17.6 Å². The van der Waals surface area contributed by atoms with E-state index in [4.69, 9.17) is 5.73 Å². The van der Waals surface area contributed by atoms with Crippen LogP contribution in [0.3, 0.4) is 0 Å². The van der Waals surface area contributed by atoms with E-state index in [1.807, 2.05) is 28.8 Å². The molecule has 0 aliphatic heterocycles. The molecule has 2 aromatic heterocycles. The van der Waals surface area contributed by atoms with Gasteiger partial charge in [-0.05, 0) is 39.5 Å². The van der Waals surface area contributed by atoms with Crippen LogP contribution in [-0.4, -0.2) is 9.55 Å². The van der Waals surface area contributed by atoms with Gasteiger partial charge in [0.2, 0.25) is 5.95 Å². The largest absolute Gasteiger partial charge is 0.369 e. The van der Waals surface area contributed by atoms with E-state index in [-0.39, 0.29) is 0 Å². The SMILES string of the molecule is Nc1nc2ccccc2n1Cc1sccc1Br. The van der Waals surface area contributed by atoms with Crippen molar-refractivity contribution < 1.29 is 0 Å². The number of aromatic nitrogens is 2. The van der Waals surface area contributed by atoms with Crippen molar-refractivity contribution in [3.05, 3.63) is 45.1 Å². The van der Waals surface area contributed by atoms with Crippen molar-refractivity contribution >= 4 is 44.2 Å². The van der Waals surface area contributed by atoms with Crippen LogP contribution in [0.2, 0.25) is 0 Å². The van der Waals surface area contributed by atoms with Crippen LogP contribution in [-0.2, 0) is 6.54 Å². The second-order valence-corrected chi connectivity index (χ2v) is 5.59. The highest BCUT2D eigenvalue weighted by molar-refractivity contribution is 9.10. The predicted octanol–water partition coefficient (Wildman–Crippen LogP) is 3.49. The van der Waals surface area contributed by atoms with Gasteiger partial charge in [0.25, 0.3) is 0 Å². The van der Waals surface area contributed by atoms with Crippen LogP contribution in [0.4, 0.5) is 5.95 Å². The number of hydrogen-bond acceptors (Lipinski definition) is 3. The summed E-state index contributed by atoms with van der Waals surface area (Å²) in [5.41, 5.74) is 7.98. The smallest absolute Gasteiger partial charge is 0.201 e. The van der Waals surface area contributed by atoms with Gasteiger partial charge < -0.3 is 10.3 Å². The monoisotopic (exact) mass is 307 g/mol. The quantitative estimate of drug-likeness (QED) is 0.787. The molecule has 3 nitrogen and oxygen atoms in total. The van der Waals surface area contributed by atoms with Crippen LogP contribution in [0.15, 0.2) is 40.2 Å². The molecule has 2 N–H and O–H groups in total. The van der Waals surface area contributed by atoms with Crippen LogP contribution in [0, 0.1) is 0 Å². The molecule has 0 atom stereocenters. The summed E-state index contributed by atoms with van der Waals surface area (Å²) in [6.45, 7) is 0.755. The number of fused-ring (bicyclic) bond motifs is 1. The van der Waals surface area contributed by atoms with E-state index < -0.39 is 0 Å². The van der Waals surface area contributed by atoms with Gasteiger partial charge in [0.15, 0.2) is 0 Å². The Morgan fingerprint density at radius 3 is 2.88 bits per heavy atom. The van der Waals surface area contributed by atoms with Gasteiger partial charge in [0, 0.05) is 9.35 Å². The Morgan fingerprint density at radius 1 is 1.29 bits per heavy atom. The Balaban J connectivity index is 2.11. The van der Waals surface area contributed by atoms with E-state index in [2.05, 4.69) is 32.4 Å². The van der Waals surface area contributed by atoms with Crippen LogP contribution >= 0.6 is 27.3 Å². The van der Waals surface area contributed by atoms with Crippen molar-refractivity contribution in [3.8, 4) is 0 Å². The first-order valence-electron chi connectivity index (χ1n) is 5.18. The van der Waals surface area contributed by atoms with Crippen LogP contribution in [0.1, 0.15) is 4.88 Å². The average molecular weight is 308 g/mol. The molecule has 0 aliphatic carbocycles. The highest BCUT2D eigenvalue weighted by atomic mass is 79.9. The zero-order valence-corrected chi connectivity index (χ0v) is 11.3. The first-order chi connectivity index (χ1) is 8.25. The fourth-order valence-corrected chi connectivity index (χ4v) is 3.31. The van der Waals surface area contributed by atoms with E-state index >= 15 is 0 Å². The molecule has 0 amide bonds. The molecule has 2 heterocycles. The predicted molar refractivity (Wildman–Crippen MR) is 75.3 cm³/mol. The minimum absolute atomic E-state index is 0.562. The third kappa shape index (κ3) is 1.85. The van der Waals surface area contributed by atoms with Gasteiger partial charge in [-0.2, -0.15) is 0 Å². The number of thiophene rings is 1. The minimum atomic E-state index is 0.562. The number of nitrogens with zero attached hydrogens (tertiary/aromatic N) is 2. The standard InChI is InChI=1S/C12H10BrN3S/c13-8-5-6-17-11(8)7-16-10-4-2-1-3-9(10)15-12(16)14/h1-6H,7H2,(H2,14,15). The van der Waals surface area contributed by atoms with Crippen molar-refractivity contribution in [2.24, 2.45) is 0 Å². The molecule has 0 saturated carbocycles. The number of nitrogens with two attached hydrogens (primary N) is 1. The second kappa shape index (κ2) is 4.16. The maximum atomic E-state index is 5.96. The molecule has 17 heavy (non-hydrogen) atoms. The van der Waals surface area contributed by atoms with Crippen molar-refractivity contribution in [1.82, 2.24) is 9.55 Å². The first-order valence-corrected chi connectivity index (χ1v) is 6.85. The maximum absolute atomic E-state index is 5.96. The van der Waals surface area contributed by atoms with Crippen LogP contribution in [0.25, 0.3) is 11.0 Å². The van der Waals surface area contributed by atoms with E-state index in [9.17, 15) is 0 Å². The van der Waals surface area contributed by atoms with E-state index in [0.29, 0.717) is 5.95 Å². The number of rotatable bonds is 2. The Morgan fingerprint density at radius 2 is 2.12 bits per heavy atom. The molecule has 0 unspecified atom stereocenters. The Bertz CT molecular complexity index is 671. The summed E-state index contributed by atoms with van der Waals surface area (Å²) in [5.74, 6) is 0.562. The van der Waals surface area contributed by atoms with Gasteiger partial charge in [-0.15, -0.1) is 11.3 Å². The number of imidazole rings is 1. The molecular weight excluding hydrogens is 298 g/mol. The third-order valence-electron chi connectivity index (χ3n) is 2.68. The normalized spacial score (nSPS) is 11.1. The van der Waals surface area contributed by atoms with Crippen molar-refractivity contribution in [3.63, 3.8) is 0 Å².